The van der Waals surface area contributed by atoms with Crippen molar-refractivity contribution in [1.29, 1.82) is 0 Å². The summed E-state index contributed by atoms with van der Waals surface area (Å²) < 4.78 is 0. The number of aromatic nitrogens is 1. The molecule has 2 heterocycles. The first-order chi connectivity index (χ1) is 9.56. The molecule has 0 saturated carbocycles. The van der Waals surface area contributed by atoms with Crippen molar-refractivity contribution in [2.45, 2.75) is 26.8 Å². The average molecular weight is 276 g/mol. The lowest BCUT2D eigenvalue weighted by atomic mass is 10.0. The van der Waals surface area contributed by atoms with E-state index in [1.54, 1.807) is 0 Å². The first-order valence-electron chi connectivity index (χ1n) is 7.65. The molecule has 0 bridgehead atoms. The zero-order valence-corrected chi connectivity index (χ0v) is 13.3. The smallest absolute Gasteiger partial charge is 0.126 e. The van der Waals surface area contributed by atoms with Crippen molar-refractivity contribution < 1.29 is 0 Å². The number of hydrogen-bond donors (Lipinski definition) is 1. The lowest BCUT2D eigenvalue weighted by Crippen LogP contribution is -2.52. The van der Waals surface area contributed by atoms with E-state index in [9.17, 15) is 0 Å². The van der Waals surface area contributed by atoms with Crippen LogP contribution >= 0.6 is 0 Å². The first-order valence-corrected chi connectivity index (χ1v) is 7.65. The molecule has 2 rings (SSSR count). The zero-order chi connectivity index (χ0) is 14.5. The Morgan fingerprint density at radius 1 is 1.25 bits per heavy atom. The second-order valence-corrected chi connectivity index (χ2v) is 6.25. The van der Waals surface area contributed by atoms with Crippen LogP contribution in [-0.4, -0.2) is 60.6 Å². The fraction of sp³-hybridized carbons (Fsp3) is 0.688. The molecule has 1 aliphatic rings. The van der Waals surface area contributed by atoms with Gasteiger partial charge in [0, 0.05) is 45.0 Å². The summed E-state index contributed by atoms with van der Waals surface area (Å²) in [5, 5.41) is 3.51. The van der Waals surface area contributed by atoms with Crippen LogP contribution in [-0.2, 0) is 0 Å². The maximum absolute atomic E-state index is 4.39. The number of aryl methyl sites for hydroxylation is 1. The van der Waals surface area contributed by atoms with Crippen molar-refractivity contribution >= 4 is 5.82 Å². The molecular weight excluding hydrogens is 248 g/mol. The molecule has 1 aromatic heterocycles. The van der Waals surface area contributed by atoms with Crippen LogP contribution in [0.1, 0.15) is 19.4 Å². The van der Waals surface area contributed by atoms with Gasteiger partial charge in [-0.25, -0.2) is 4.98 Å². The predicted octanol–water partition coefficient (Wildman–Crippen LogP) is 2.07. The Bertz CT molecular complexity index is 411. The van der Waals surface area contributed by atoms with Gasteiger partial charge in [0.05, 0.1) is 0 Å². The second-order valence-electron chi connectivity index (χ2n) is 6.25. The molecule has 1 aliphatic heterocycles. The van der Waals surface area contributed by atoms with Crippen LogP contribution in [0.25, 0.3) is 0 Å². The normalized spacial score (nSPS) is 19.2. The molecule has 0 amide bonds. The van der Waals surface area contributed by atoms with Gasteiger partial charge in [-0.05, 0) is 37.6 Å². The molecule has 1 atom stereocenters. The van der Waals surface area contributed by atoms with Gasteiger partial charge < -0.3 is 10.2 Å². The van der Waals surface area contributed by atoms with Gasteiger partial charge >= 0.3 is 0 Å². The highest BCUT2D eigenvalue weighted by atomic mass is 15.3. The van der Waals surface area contributed by atoms with Gasteiger partial charge in [-0.1, -0.05) is 13.8 Å². The van der Waals surface area contributed by atoms with Gasteiger partial charge in [0.1, 0.15) is 5.82 Å². The number of rotatable bonds is 5. The first kappa shape index (κ1) is 15.3. The molecule has 1 N–H and O–H groups in total. The highest BCUT2D eigenvalue weighted by Crippen LogP contribution is 2.15. The van der Waals surface area contributed by atoms with Gasteiger partial charge in [-0.2, -0.15) is 0 Å². The number of anilines is 1. The van der Waals surface area contributed by atoms with Crippen LogP contribution in [0.3, 0.4) is 0 Å². The fourth-order valence-electron chi connectivity index (χ4n) is 2.78. The molecule has 0 radical (unpaired) electrons. The molecule has 0 aliphatic carbocycles. The van der Waals surface area contributed by atoms with E-state index in [1.165, 1.54) is 31.7 Å². The third kappa shape index (κ3) is 4.18. The minimum absolute atomic E-state index is 0.575. The summed E-state index contributed by atoms with van der Waals surface area (Å²) in [4.78, 5) is 9.41. The Morgan fingerprint density at radius 3 is 2.55 bits per heavy atom. The Kier molecular flexibility index (Phi) is 5.38. The van der Waals surface area contributed by atoms with Crippen molar-refractivity contribution in [3.63, 3.8) is 0 Å². The molecular formula is C16H28N4. The molecule has 1 saturated heterocycles. The Hall–Kier alpha value is -1.13. The van der Waals surface area contributed by atoms with E-state index < -0.39 is 0 Å². The summed E-state index contributed by atoms with van der Waals surface area (Å²) in [5.41, 5.74) is 1.25. The number of nitrogens with zero attached hydrogens (tertiary/aromatic N) is 3. The molecule has 0 spiro atoms. The van der Waals surface area contributed by atoms with Crippen LogP contribution in [0, 0.1) is 12.8 Å². The monoisotopic (exact) mass is 276 g/mol. The average Bonchev–Trinajstić information content (AvgIpc) is 2.41. The van der Waals surface area contributed by atoms with E-state index in [-0.39, 0.29) is 0 Å². The molecule has 112 valence electrons. The molecule has 20 heavy (non-hydrogen) atoms. The number of nitrogens with one attached hydrogen (secondary N) is 1. The van der Waals surface area contributed by atoms with Crippen molar-refractivity contribution in [3.8, 4) is 0 Å². The molecule has 0 aromatic carbocycles. The minimum atomic E-state index is 0.575. The largest absolute Gasteiger partial charge is 0.368 e. The van der Waals surface area contributed by atoms with E-state index in [4.69, 9.17) is 0 Å². The SMILES string of the molecule is Cc1ccnc(NCC(C(C)C)N2CCN(C)CC2)c1. The fourth-order valence-corrected chi connectivity index (χ4v) is 2.78. The number of hydrogen-bond acceptors (Lipinski definition) is 4. The third-order valence-corrected chi connectivity index (χ3v) is 4.18. The van der Waals surface area contributed by atoms with Crippen LogP contribution < -0.4 is 5.32 Å². The molecule has 4 heteroatoms. The van der Waals surface area contributed by atoms with E-state index >= 15 is 0 Å². The highest BCUT2D eigenvalue weighted by molar-refractivity contribution is 5.37. The van der Waals surface area contributed by atoms with Gasteiger partial charge in [0.25, 0.3) is 0 Å². The Morgan fingerprint density at radius 2 is 1.95 bits per heavy atom. The summed E-state index contributed by atoms with van der Waals surface area (Å²) in [6, 6.07) is 4.72. The Labute approximate surface area is 123 Å². The predicted molar refractivity (Wildman–Crippen MR) is 85.2 cm³/mol. The molecule has 1 unspecified atom stereocenters. The van der Waals surface area contributed by atoms with Gasteiger partial charge in [0.2, 0.25) is 0 Å². The summed E-state index contributed by atoms with van der Waals surface area (Å²) in [7, 11) is 2.20. The van der Waals surface area contributed by atoms with E-state index in [2.05, 4.69) is 54.0 Å². The van der Waals surface area contributed by atoms with Crippen LogP contribution in [0.5, 0.6) is 0 Å². The topological polar surface area (TPSA) is 31.4 Å². The maximum Gasteiger partial charge on any atom is 0.126 e. The van der Waals surface area contributed by atoms with Crippen LogP contribution in [0.2, 0.25) is 0 Å². The minimum Gasteiger partial charge on any atom is -0.368 e. The molecule has 4 nitrogen and oxygen atoms in total. The zero-order valence-electron chi connectivity index (χ0n) is 13.3. The van der Waals surface area contributed by atoms with Crippen LogP contribution in [0.15, 0.2) is 18.3 Å². The van der Waals surface area contributed by atoms with E-state index in [0.29, 0.717) is 12.0 Å². The van der Waals surface area contributed by atoms with Gasteiger partial charge in [0.15, 0.2) is 0 Å². The van der Waals surface area contributed by atoms with Gasteiger partial charge in [-0.3, -0.25) is 4.90 Å². The molecule has 1 aromatic rings. The Balaban J connectivity index is 1.92. The van der Waals surface area contributed by atoms with Crippen molar-refractivity contribution in [3.05, 3.63) is 23.9 Å². The third-order valence-electron chi connectivity index (χ3n) is 4.18. The lowest BCUT2D eigenvalue weighted by molar-refractivity contribution is 0.0944. The number of likely N-dealkylation sites (N-methyl/N-ethyl adjacent to an activating group) is 1. The standard InChI is InChI=1S/C16H28N4/c1-13(2)15(20-9-7-19(4)8-10-20)12-18-16-11-14(3)5-6-17-16/h5-6,11,13,15H,7-10,12H2,1-4H3,(H,17,18). The van der Waals surface area contributed by atoms with E-state index in [1.807, 2.05) is 12.3 Å². The molecule has 1 fully saturated rings. The summed E-state index contributed by atoms with van der Waals surface area (Å²) >= 11 is 0. The van der Waals surface area contributed by atoms with E-state index in [0.717, 1.165) is 12.4 Å². The summed E-state index contributed by atoms with van der Waals surface area (Å²) in [6.45, 7) is 12.4. The number of pyridine rings is 1. The van der Waals surface area contributed by atoms with Gasteiger partial charge in [-0.15, -0.1) is 0 Å². The highest BCUT2D eigenvalue weighted by Gasteiger charge is 2.24. The quantitative estimate of drug-likeness (QED) is 0.892. The van der Waals surface area contributed by atoms with Crippen LogP contribution in [0.4, 0.5) is 5.82 Å². The summed E-state index contributed by atoms with van der Waals surface area (Å²) in [5.74, 6) is 1.64. The van der Waals surface area contributed by atoms with Crippen molar-refractivity contribution in [2.24, 2.45) is 5.92 Å². The van der Waals surface area contributed by atoms with Crippen molar-refractivity contribution in [1.82, 2.24) is 14.8 Å². The summed E-state index contributed by atoms with van der Waals surface area (Å²) in [6.07, 6.45) is 1.87. The maximum atomic E-state index is 4.39. The van der Waals surface area contributed by atoms with Crippen molar-refractivity contribution in [2.75, 3.05) is 45.1 Å². The lowest BCUT2D eigenvalue weighted by Gasteiger charge is -2.40. The number of piperazine rings is 1. The second kappa shape index (κ2) is 7.04.